The third-order valence-corrected chi connectivity index (χ3v) is 3.66. The first-order chi connectivity index (χ1) is 7.93. The summed E-state index contributed by atoms with van der Waals surface area (Å²) in [6, 6.07) is 1.62. The molecule has 17 heavy (non-hydrogen) atoms. The van der Waals surface area contributed by atoms with E-state index in [-0.39, 0.29) is 23.1 Å². The molecule has 3 N–H and O–H groups in total. The van der Waals surface area contributed by atoms with Crippen LogP contribution in [0.1, 0.15) is 33.0 Å². The molecule has 5 heteroatoms. The van der Waals surface area contributed by atoms with Crippen LogP contribution in [0, 0.1) is 5.41 Å². The number of nitrogens with one attached hydrogen (secondary N) is 2. The Hall–Kier alpha value is -1.36. The minimum Gasteiger partial charge on any atom is -0.392 e. The molecule has 0 radical (unpaired) electrons. The van der Waals surface area contributed by atoms with E-state index >= 15 is 0 Å². The predicted octanol–water partition coefficient (Wildman–Crippen LogP) is 0.904. The second-order valence-corrected chi connectivity index (χ2v) is 5.20. The fourth-order valence-corrected chi connectivity index (χ4v) is 2.08. The average molecular weight is 237 g/mol. The van der Waals surface area contributed by atoms with Gasteiger partial charge in [-0.25, -0.2) is 4.98 Å². The van der Waals surface area contributed by atoms with Crippen molar-refractivity contribution in [1.29, 1.82) is 0 Å². The predicted molar refractivity (Wildman–Crippen MR) is 66.1 cm³/mol. The van der Waals surface area contributed by atoms with Crippen molar-refractivity contribution in [3.8, 4) is 0 Å². The summed E-state index contributed by atoms with van der Waals surface area (Å²) < 4.78 is 0. The Morgan fingerprint density at radius 3 is 2.88 bits per heavy atom. The second kappa shape index (κ2) is 4.14. The van der Waals surface area contributed by atoms with Crippen LogP contribution >= 0.6 is 0 Å². The standard InChI is InChI=1S/C12H19N3O2/c1-4-9-14-10(6-11(17)15-9)13-7-5-8(16)12(7,2)3/h6-8,16H,4-5H2,1-3H3,(H2,13,14,15,17). The highest BCUT2D eigenvalue weighted by Crippen LogP contribution is 2.41. The molecule has 2 rings (SSSR count). The Bertz CT molecular complexity index is 467. The average Bonchev–Trinajstić information content (AvgIpc) is 2.28. The van der Waals surface area contributed by atoms with Gasteiger partial charge in [0.15, 0.2) is 0 Å². The van der Waals surface area contributed by atoms with Gasteiger partial charge in [-0.3, -0.25) is 4.79 Å². The van der Waals surface area contributed by atoms with Crippen molar-refractivity contribution >= 4 is 5.82 Å². The van der Waals surface area contributed by atoms with Gasteiger partial charge in [0.05, 0.1) is 6.10 Å². The van der Waals surface area contributed by atoms with E-state index in [1.165, 1.54) is 6.07 Å². The number of nitrogens with zero attached hydrogens (tertiary/aromatic N) is 1. The maximum absolute atomic E-state index is 11.4. The van der Waals surface area contributed by atoms with Gasteiger partial charge in [0.1, 0.15) is 11.6 Å². The number of hydrogen-bond acceptors (Lipinski definition) is 4. The molecule has 1 saturated carbocycles. The first-order valence-corrected chi connectivity index (χ1v) is 5.98. The number of H-pyrrole nitrogens is 1. The summed E-state index contributed by atoms with van der Waals surface area (Å²) >= 11 is 0. The minimum absolute atomic E-state index is 0.142. The van der Waals surface area contributed by atoms with Crippen LogP contribution < -0.4 is 10.9 Å². The lowest BCUT2D eigenvalue weighted by Gasteiger charge is -2.49. The van der Waals surface area contributed by atoms with Gasteiger partial charge in [-0.05, 0) is 6.42 Å². The Labute approximate surface area is 100 Å². The minimum atomic E-state index is -0.285. The van der Waals surface area contributed by atoms with Gasteiger partial charge < -0.3 is 15.4 Å². The maximum Gasteiger partial charge on any atom is 0.252 e. The van der Waals surface area contributed by atoms with Gasteiger partial charge >= 0.3 is 0 Å². The smallest absolute Gasteiger partial charge is 0.252 e. The van der Waals surface area contributed by atoms with Crippen LogP contribution in [0.5, 0.6) is 0 Å². The van der Waals surface area contributed by atoms with Gasteiger partial charge in [0.25, 0.3) is 5.56 Å². The zero-order valence-corrected chi connectivity index (χ0v) is 10.4. The molecule has 5 nitrogen and oxygen atoms in total. The Morgan fingerprint density at radius 1 is 1.65 bits per heavy atom. The van der Waals surface area contributed by atoms with Gasteiger partial charge in [-0.15, -0.1) is 0 Å². The van der Waals surface area contributed by atoms with Gasteiger partial charge in [-0.2, -0.15) is 0 Å². The summed E-state index contributed by atoms with van der Waals surface area (Å²) in [6.45, 7) is 5.96. The number of aliphatic hydroxyl groups is 1. The Balaban J connectivity index is 2.15. The van der Waals surface area contributed by atoms with Crippen molar-refractivity contribution in [2.45, 2.75) is 45.8 Å². The maximum atomic E-state index is 11.4. The highest BCUT2D eigenvalue weighted by atomic mass is 16.3. The molecule has 0 spiro atoms. The highest BCUT2D eigenvalue weighted by molar-refractivity contribution is 5.36. The van der Waals surface area contributed by atoms with E-state index < -0.39 is 0 Å². The van der Waals surface area contributed by atoms with Crippen LogP contribution in [0.4, 0.5) is 5.82 Å². The second-order valence-electron chi connectivity index (χ2n) is 5.20. The number of hydrogen-bond donors (Lipinski definition) is 3. The van der Waals surface area contributed by atoms with Crippen molar-refractivity contribution in [1.82, 2.24) is 9.97 Å². The van der Waals surface area contributed by atoms with E-state index in [0.717, 1.165) is 0 Å². The molecule has 1 fully saturated rings. The molecule has 0 amide bonds. The summed E-state index contributed by atoms with van der Waals surface area (Å²) in [4.78, 5) is 18.4. The third-order valence-electron chi connectivity index (χ3n) is 3.66. The molecule has 94 valence electrons. The Kier molecular flexibility index (Phi) is 2.95. The largest absolute Gasteiger partial charge is 0.392 e. The lowest BCUT2D eigenvalue weighted by molar-refractivity contribution is -0.0511. The van der Waals surface area contributed by atoms with Crippen LogP contribution in [0.3, 0.4) is 0 Å². The quantitative estimate of drug-likeness (QED) is 0.730. The third kappa shape index (κ3) is 2.20. The summed E-state index contributed by atoms with van der Waals surface area (Å²) in [6.07, 6.45) is 1.11. The van der Waals surface area contributed by atoms with E-state index in [4.69, 9.17) is 0 Å². The number of anilines is 1. The van der Waals surface area contributed by atoms with Crippen LogP contribution in [-0.4, -0.2) is 27.2 Å². The van der Waals surface area contributed by atoms with E-state index in [2.05, 4.69) is 15.3 Å². The summed E-state index contributed by atoms with van der Waals surface area (Å²) in [7, 11) is 0. The fourth-order valence-electron chi connectivity index (χ4n) is 2.08. The molecule has 1 aliphatic rings. The number of aryl methyl sites for hydroxylation is 1. The van der Waals surface area contributed by atoms with Crippen molar-refractivity contribution in [3.63, 3.8) is 0 Å². The highest BCUT2D eigenvalue weighted by Gasteiger charge is 2.47. The van der Waals surface area contributed by atoms with Crippen molar-refractivity contribution < 1.29 is 5.11 Å². The number of rotatable bonds is 3. The van der Waals surface area contributed by atoms with E-state index in [1.54, 1.807) is 0 Å². The Morgan fingerprint density at radius 2 is 2.35 bits per heavy atom. The molecule has 2 atom stereocenters. The van der Waals surface area contributed by atoms with Gasteiger partial charge in [0.2, 0.25) is 0 Å². The van der Waals surface area contributed by atoms with Crippen molar-refractivity contribution in [3.05, 3.63) is 22.2 Å². The lowest BCUT2D eigenvalue weighted by atomic mass is 9.64. The molecule has 0 aromatic carbocycles. The van der Waals surface area contributed by atoms with Crippen LogP contribution in [-0.2, 0) is 6.42 Å². The molecule has 0 aliphatic heterocycles. The summed E-state index contributed by atoms with van der Waals surface area (Å²) in [5, 5.41) is 12.9. The normalized spacial score (nSPS) is 26.4. The molecular weight excluding hydrogens is 218 g/mol. The molecule has 0 saturated heterocycles. The van der Waals surface area contributed by atoms with Crippen LogP contribution in [0.25, 0.3) is 0 Å². The first kappa shape index (κ1) is 12.1. The van der Waals surface area contributed by atoms with E-state index in [9.17, 15) is 9.90 Å². The van der Waals surface area contributed by atoms with Crippen molar-refractivity contribution in [2.75, 3.05) is 5.32 Å². The number of aromatic amines is 1. The monoisotopic (exact) mass is 237 g/mol. The zero-order chi connectivity index (χ0) is 12.6. The lowest BCUT2D eigenvalue weighted by Crippen LogP contribution is -2.57. The summed E-state index contributed by atoms with van der Waals surface area (Å²) in [5.74, 6) is 1.27. The fraction of sp³-hybridized carbons (Fsp3) is 0.667. The molecule has 1 heterocycles. The molecular formula is C12H19N3O2. The van der Waals surface area contributed by atoms with Gasteiger partial charge in [0, 0.05) is 23.9 Å². The molecule has 2 unspecified atom stereocenters. The zero-order valence-electron chi connectivity index (χ0n) is 10.4. The number of aliphatic hydroxyl groups excluding tert-OH is 1. The van der Waals surface area contributed by atoms with Crippen LogP contribution in [0.15, 0.2) is 10.9 Å². The van der Waals surface area contributed by atoms with Crippen molar-refractivity contribution in [2.24, 2.45) is 5.41 Å². The van der Waals surface area contributed by atoms with E-state index in [0.29, 0.717) is 24.5 Å². The molecule has 0 bridgehead atoms. The van der Waals surface area contributed by atoms with Gasteiger partial charge in [-0.1, -0.05) is 20.8 Å². The summed E-state index contributed by atoms with van der Waals surface area (Å²) in [5.41, 5.74) is -0.312. The first-order valence-electron chi connectivity index (χ1n) is 5.98. The SMILES string of the molecule is CCc1nc(NC2CC(O)C2(C)C)cc(=O)[nH]1. The molecule has 1 aromatic rings. The van der Waals surface area contributed by atoms with Crippen LogP contribution in [0.2, 0.25) is 0 Å². The topological polar surface area (TPSA) is 78.0 Å². The molecule has 1 aliphatic carbocycles. The molecule has 1 aromatic heterocycles. The van der Waals surface area contributed by atoms with E-state index in [1.807, 2.05) is 20.8 Å². The number of aromatic nitrogens is 2.